The van der Waals surface area contributed by atoms with Gasteiger partial charge in [-0.05, 0) is 38.7 Å². The minimum absolute atomic E-state index is 0.787. The molecule has 0 aromatic carbocycles. The molecule has 1 amide bonds. The second kappa shape index (κ2) is 6.22. The van der Waals surface area contributed by atoms with Crippen molar-refractivity contribution in [1.29, 1.82) is 0 Å². The number of nitrogens with two attached hydrogens (primary N) is 1. The normalized spacial score (nSPS) is 21.8. The average Bonchev–Trinajstić information content (AvgIpc) is 2.34. The van der Waals surface area contributed by atoms with Crippen molar-refractivity contribution in [2.24, 2.45) is 5.73 Å². The van der Waals surface area contributed by atoms with Crippen molar-refractivity contribution in [3.05, 3.63) is 0 Å². The maximum atomic E-state index is 8.99. The molecule has 3 N–H and O–H groups in total. The number of hydrogen-bond donors (Lipinski definition) is 2. The van der Waals surface area contributed by atoms with Gasteiger partial charge in [-0.25, -0.2) is 0 Å². The summed E-state index contributed by atoms with van der Waals surface area (Å²) in [5, 5.41) is 2.45. The van der Waals surface area contributed by atoms with Gasteiger partial charge in [0.25, 0.3) is 0 Å². The van der Waals surface area contributed by atoms with Crippen LogP contribution < -0.4 is 11.1 Å². The Bertz CT molecular complexity index is 131. The van der Waals surface area contributed by atoms with Gasteiger partial charge in [0.2, 0.25) is 0 Å². The van der Waals surface area contributed by atoms with Gasteiger partial charge in [-0.2, -0.15) is 0 Å². The van der Waals surface area contributed by atoms with Gasteiger partial charge in [-0.1, -0.05) is 0 Å². The molecule has 1 unspecified atom stereocenters. The van der Waals surface area contributed by atoms with E-state index in [2.05, 4.69) is 41.6 Å². The molecule has 1 aliphatic heterocycles. The highest BCUT2D eigenvalue weighted by molar-refractivity contribution is 6.62. The predicted molar refractivity (Wildman–Crippen MR) is 50.4 cm³/mol. The first kappa shape index (κ1) is 11.7. The van der Waals surface area contributed by atoms with E-state index in [4.69, 9.17) is 4.79 Å². The van der Waals surface area contributed by atoms with Gasteiger partial charge < -0.3 is 16.0 Å². The first-order valence-electron chi connectivity index (χ1n) is 3.86. The number of rotatable bonds is 1. The number of primary amides is 1. The Kier molecular flexibility index (Phi) is 6.06. The number of likely N-dealkylation sites (N-methyl/N-ethyl adjacent to an activating group) is 1. The summed E-state index contributed by atoms with van der Waals surface area (Å²) in [7, 11) is 4.27. The maximum absolute atomic E-state index is 8.99. The van der Waals surface area contributed by atoms with Gasteiger partial charge in [0.05, 0.1) is 0 Å². The third kappa shape index (κ3) is 6.39. The lowest BCUT2D eigenvalue weighted by molar-refractivity contribution is 0.266. The summed E-state index contributed by atoms with van der Waals surface area (Å²) in [6.07, 6.45) is 1.31. The Morgan fingerprint density at radius 1 is 1.67 bits per heavy atom. The lowest BCUT2D eigenvalue weighted by Gasteiger charge is -2.16. The highest BCUT2D eigenvalue weighted by Gasteiger charge is 2.14. The van der Waals surface area contributed by atoms with E-state index in [1.165, 1.54) is 19.5 Å². The quantitative estimate of drug-likeness (QED) is 0.463. The Balaban J connectivity index is 0.000000261. The maximum Gasteiger partial charge on any atom is 0.311 e. The molecule has 0 aliphatic carbocycles. The van der Waals surface area contributed by atoms with Crippen LogP contribution >= 0.6 is 11.6 Å². The van der Waals surface area contributed by atoms with Gasteiger partial charge >= 0.3 is 5.37 Å². The molecule has 0 saturated carbocycles. The molecule has 0 spiro atoms. The topological polar surface area (TPSA) is 58.4 Å². The molecular weight excluding hydrogens is 178 g/mol. The van der Waals surface area contributed by atoms with Gasteiger partial charge in [0, 0.05) is 12.6 Å². The molecule has 1 heterocycles. The molecule has 0 aromatic heterocycles. The number of hydrogen-bond acceptors (Lipinski definition) is 3. The number of halogens is 1. The van der Waals surface area contributed by atoms with Crippen LogP contribution in [0.2, 0.25) is 0 Å². The summed E-state index contributed by atoms with van der Waals surface area (Å²) >= 11 is 4.41. The third-order valence-corrected chi connectivity index (χ3v) is 1.76. The molecule has 72 valence electrons. The second-order valence-electron chi connectivity index (χ2n) is 2.91. The van der Waals surface area contributed by atoms with Crippen molar-refractivity contribution < 1.29 is 4.79 Å². The minimum atomic E-state index is -0.861. The second-order valence-corrected chi connectivity index (χ2v) is 3.29. The largest absolute Gasteiger partial charge is 0.356 e. The SMILES string of the molecule is CN(C)C1CCNC1.NC(=O)Cl. The van der Waals surface area contributed by atoms with Crippen LogP contribution in [0.25, 0.3) is 0 Å². The first-order valence-corrected chi connectivity index (χ1v) is 4.24. The van der Waals surface area contributed by atoms with Crippen LogP contribution in [0, 0.1) is 0 Å². The highest BCUT2D eigenvalue weighted by atomic mass is 35.5. The average molecular weight is 194 g/mol. The lowest BCUT2D eigenvalue weighted by atomic mass is 10.2. The molecule has 1 saturated heterocycles. The summed E-state index contributed by atoms with van der Waals surface area (Å²) in [5.74, 6) is 0. The third-order valence-electron chi connectivity index (χ3n) is 1.76. The monoisotopic (exact) mass is 193 g/mol. The molecule has 5 heteroatoms. The van der Waals surface area contributed by atoms with Crippen LogP contribution in [0.1, 0.15) is 6.42 Å². The fourth-order valence-corrected chi connectivity index (χ4v) is 1.08. The van der Waals surface area contributed by atoms with Gasteiger partial charge in [0.1, 0.15) is 0 Å². The molecule has 12 heavy (non-hydrogen) atoms. The van der Waals surface area contributed by atoms with Gasteiger partial charge in [-0.3, -0.25) is 4.79 Å². The number of nitrogens with one attached hydrogen (secondary N) is 1. The Labute approximate surface area is 78.0 Å². The lowest BCUT2D eigenvalue weighted by Crippen LogP contribution is -2.29. The van der Waals surface area contributed by atoms with Crippen LogP contribution in [0.3, 0.4) is 0 Å². The fraction of sp³-hybridized carbons (Fsp3) is 0.857. The molecule has 4 nitrogen and oxygen atoms in total. The molecule has 1 atom stereocenters. The zero-order chi connectivity index (χ0) is 9.56. The van der Waals surface area contributed by atoms with E-state index < -0.39 is 5.37 Å². The molecule has 0 aromatic rings. The van der Waals surface area contributed by atoms with E-state index in [9.17, 15) is 0 Å². The number of nitrogens with zero attached hydrogens (tertiary/aromatic N) is 1. The minimum Gasteiger partial charge on any atom is -0.356 e. The zero-order valence-corrected chi connectivity index (χ0v) is 8.27. The predicted octanol–water partition coefficient (Wildman–Crippen LogP) is 0.214. The highest BCUT2D eigenvalue weighted by Crippen LogP contribution is 2.01. The smallest absolute Gasteiger partial charge is 0.311 e. The molecule has 0 bridgehead atoms. The Morgan fingerprint density at radius 3 is 2.33 bits per heavy atom. The summed E-state index contributed by atoms with van der Waals surface area (Å²) in [6, 6.07) is 0.787. The summed E-state index contributed by atoms with van der Waals surface area (Å²) < 4.78 is 0. The summed E-state index contributed by atoms with van der Waals surface area (Å²) in [4.78, 5) is 11.3. The van der Waals surface area contributed by atoms with Crippen molar-refractivity contribution in [1.82, 2.24) is 10.2 Å². The van der Waals surface area contributed by atoms with E-state index >= 15 is 0 Å². The molecule has 1 rings (SSSR count). The van der Waals surface area contributed by atoms with Crippen LogP contribution in [-0.2, 0) is 0 Å². The zero-order valence-electron chi connectivity index (χ0n) is 7.51. The van der Waals surface area contributed by atoms with E-state index in [1.54, 1.807) is 0 Å². The standard InChI is InChI=1S/C6H14N2.CH2ClNO/c1-8(2)6-3-4-7-5-6;2-1(3)4/h6-7H,3-5H2,1-2H3;(H2,3,4). The fourth-order valence-electron chi connectivity index (χ4n) is 1.08. The van der Waals surface area contributed by atoms with Crippen molar-refractivity contribution in [3.8, 4) is 0 Å². The van der Waals surface area contributed by atoms with Crippen molar-refractivity contribution in [2.75, 3.05) is 27.2 Å². The van der Waals surface area contributed by atoms with Gasteiger partial charge in [-0.15, -0.1) is 0 Å². The molecule has 1 aliphatic rings. The van der Waals surface area contributed by atoms with Gasteiger partial charge in [0.15, 0.2) is 0 Å². The molecule has 0 radical (unpaired) electrons. The number of carbonyl (C=O) groups is 1. The van der Waals surface area contributed by atoms with Crippen LogP contribution in [0.4, 0.5) is 4.79 Å². The van der Waals surface area contributed by atoms with Crippen molar-refractivity contribution in [2.45, 2.75) is 12.5 Å². The molecule has 1 fully saturated rings. The number of carbonyl (C=O) groups excluding carboxylic acids is 1. The van der Waals surface area contributed by atoms with Crippen LogP contribution in [0.15, 0.2) is 0 Å². The van der Waals surface area contributed by atoms with E-state index in [0.717, 1.165) is 6.04 Å². The van der Waals surface area contributed by atoms with E-state index in [-0.39, 0.29) is 0 Å². The Morgan fingerprint density at radius 2 is 2.17 bits per heavy atom. The van der Waals surface area contributed by atoms with Crippen LogP contribution in [-0.4, -0.2) is 43.5 Å². The number of amides is 1. The Hall–Kier alpha value is -0.320. The first-order chi connectivity index (χ1) is 5.54. The van der Waals surface area contributed by atoms with E-state index in [1.807, 2.05) is 0 Å². The summed E-state index contributed by atoms with van der Waals surface area (Å²) in [6.45, 7) is 2.37. The molecular formula is C7H16ClN3O. The van der Waals surface area contributed by atoms with Crippen molar-refractivity contribution >= 4 is 17.0 Å². The van der Waals surface area contributed by atoms with Crippen LogP contribution in [0.5, 0.6) is 0 Å². The van der Waals surface area contributed by atoms with Crippen molar-refractivity contribution in [3.63, 3.8) is 0 Å². The summed E-state index contributed by atoms with van der Waals surface area (Å²) in [5.41, 5.74) is 4.24. The van der Waals surface area contributed by atoms with E-state index in [0.29, 0.717) is 0 Å².